The third-order valence-electron chi connectivity index (χ3n) is 4.74. The second kappa shape index (κ2) is 6.13. The van der Waals surface area contributed by atoms with E-state index in [1.54, 1.807) is 0 Å². The van der Waals surface area contributed by atoms with Gasteiger partial charge in [0.1, 0.15) is 5.82 Å². The van der Waals surface area contributed by atoms with Gasteiger partial charge in [-0.3, -0.25) is 4.90 Å². The Bertz CT molecular complexity index is 789. The molecule has 23 heavy (non-hydrogen) atoms. The number of fused-ring (bicyclic) bond motifs is 1. The third-order valence-corrected chi connectivity index (χ3v) is 4.74. The van der Waals surface area contributed by atoms with E-state index in [-0.39, 0.29) is 5.82 Å². The summed E-state index contributed by atoms with van der Waals surface area (Å²) >= 11 is 0. The van der Waals surface area contributed by atoms with E-state index in [4.69, 9.17) is 0 Å². The van der Waals surface area contributed by atoms with E-state index < -0.39 is 0 Å². The van der Waals surface area contributed by atoms with Gasteiger partial charge in [-0.05, 0) is 30.5 Å². The van der Waals surface area contributed by atoms with Gasteiger partial charge in [-0.25, -0.2) is 9.37 Å². The highest BCUT2D eigenvalue weighted by atomic mass is 19.1. The Morgan fingerprint density at radius 1 is 1.04 bits per heavy atom. The third kappa shape index (κ3) is 2.99. The molecule has 1 saturated heterocycles. The first-order valence-corrected chi connectivity index (χ1v) is 8.18. The lowest BCUT2D eigenvalue weighted by molar-refractivity contribution is 0.181. The molecule has 4 heteroatoms. The number of likely N-dealkylation sites (tertiary alicyclic amines) is 1. The minimum Gasteiger partial charge on any atom is -0.327 e. The molecule has 118 valence electrons. The van der Waals surface area contributed by atoms with Crippen molar-refractivity contribution in [3.8, 4) is 0 Å². The fraction of sp³-hybridized carbons (Fsp3) is 0.316. The second-order valence-electron chi connectivity index (χ2n) is 6.28. The first kappa shape index (κ1) is 14.4. The van der Waals surface area contributed by atoms with Crippen molar-refractivity contribution in [2.45, 2.75) is 25.4 Å². The van der Waals surface area contributed by atoms with E-state index >= 15 is 0 Å². The van der Waals surface area contributed by atoms with E-state index in [0.29, 0.717) is 6.04 Å². The molecule has 0 saturated carbocycles. The van der Waals surface area contributed by atoms with Crippen LogP contribution >= 0.6 is 0 Å². The summed E-state index contributed by atoms with van der Waals surface area (Å²) in [6.45, 7) is 3.18. The number of halogens is 1. The van der Waals surface area contributed by atoms with Gasteiger partial charge in [0.05, 0.1) is 17.4 Å². The van der Waals surface area contributed by atoms with Crippen LogP contribution in [0.2, 0.25) is 0 Å². The van der Waals surface area contributed by atoms with Crippen LogP contribution in [0.5, 0.6) is 0 Å². The van der Waals surface area contributed by atoms with Gasteiger partial charge >= 0.3 is 0 Å². The van der Waals surface area contributed by atoms with Crippen LogP contribution in [-0.4, -0.2) is 27.5 Å². The van der Waals surface area contributed by atoms with Crippen molar-refractivity contribution in [1.29, 1.82) is 0 Å². The molecule has 1 aliphatic heterocycles. The number of aromatic nitrogens is 2. The van der Waals surface area contributed by atoms with Crippen LogP contribution in [0.3, 0.4) is 0 Å². The summed E-state index contributed by atoms with van der Waals surface area (Å²) in [4.78, 5) is 6.86. The number of piperidine rings is 1. The van der Waals surface area contributed by atoms with Gasteiger partial charge in [-0.15, -0.1) is 0 Å². The predicted octanol–water partition coefficient (Wildman–Crippen LogP) is 4.01. The predicted molar refractivity (Wildman–Crippen MR) is 89.7 cm³/mol. The lowest BCUT2D eigenvalue weighted by atomic mass is 10.0. The number of hydrogen-bond donors (Lipinski definition) is 0. The molecule has 1 fully saturated rings. The zero-order valence-electron chi connectivity index (χ0n) is 13.0. The normalized spacial score (nSPS) is 16.9. The van der Waals surface area contributed by atoms with Gasteiger partial charge in [0, 0.05) is 31.7 Å². The van der Waals surface area contributed by atoms with Crippen molar-refractivity contribution in [1.82, 2.24) is 14.5 Å². The molecule has 1 aromatic heterocycles. The Kier molecular flexibility index (Phi) is 3.83. The van der Waals surface area contributed by atoms with Crippen LogP contribution < -0.4 is 0 Å². The molecular formula is C19H20FN3. The summed E-state index contributed by atoms with van der Waals surface area (Å²) in [6, 6.07) is 15.9. The first-order valence-electron chi connectivity index (χ1n) is 8.18. The highest BCUT2D eigenvalue weighted by molar-refractivity contribution is 5.75. The van der Waals surface area contributed by atoms with E-state index in [1.807, 2.05) is 12.4 Å². The van der Waals surface area contributed by atoms with Crippen molar-refractivity contribution in [2.24, 2.45) is 0 Å². The number of nitrogens with zero attached hydrogens (tertiary/aromatic N) is 3. The summed E-state index contributed by atoms with van der Waals surface area (Å²) in [5, 5.41) is 0. The van der Waals surface area contributed by atoms with Crippen molar-refractivity contribution in [3.63, 3.8) is 0 Å². The van der Waals surface area contributed by atoms with Crippen LogP contribution in [-0.2, 0) is 6.54 Å². The summed E-state index contributed by atoms with van der Waals surface area (Å²) in [7, 11) is 0. The van der Waals surface area contributed by atoms with Crippen LogP contribution in [0.15, 0.2) is 54.9 Å². The molecule has 0 radical (unpaired) electrons. The fourth-order valence-electron chi connectivity index (χ4n) is 3.49. The number of hydrogen-bond acceptors (Lipinski definition) is 2. The second-order valence-corrected chi connectivity index (χ2v) is 6.28. The minimum absolute atomic E-state index is 0.222. The van der Waals surface area contributed by atoms with Crippen molar-refractivity contribution in [2.75, 3.05) is 13.1 Å². The van der Waals surface area contributed by atoms with E-state index in [0.717, 1.165) is 43.5 Å². The highest BCUT2D eigenvalue weighted by Gasteiger charge is 2.21. The molecule has 3 nitrogen and oxygen atoms in total. The Hall–Kier alpha value is -2.20. The zero-order valence-corrected chi connectivity index (χ0v) is 13.0. The Balaban J connectivity index is 1.44. The van der Waals surface area contributed by atoms with Crippen LogP contribution in [0.25, 0.3) is 11.0 Å². The van der Waals surface area contributed by atoms with Crippen molar-refractivity contribution in [3.05, 3.63) is 66.2 Å². The minimum atomic E-state index is -0.222. The molecule has 1 aliphatic rings. The van der Waals surface area contributed by atoms with Gasteiger partial charge in [-0.1, -0.05) is 30.3 Å². The largest absolute Gasteiger partial charge is 0.327 e. The average molecular weight is 309 g/mol. The summed E-state index contributed by atoms with van der Waals surface area (Å²) in [6.07, 6.45) is 4.08. The molecule has 0 N–H and O–H groups in total. The van der Waals surface area contributed by atoms with E-state index in [1.165, 1.54) is 17.7 Å². The molecule has 0 unspecified atom stereocenters. The Morgan fingerprint density at radius 3 is 2.61 bits per heavy atom. The molecule has 2 heterocycles. The standard InChI is InChI=1S/C19H20FN3/c20-16-6-7-19-18(12-16)21-14-23(19)17-8-10-22(11-9-17)13-15-4-2-1-3-5-15/h1-7,12,14,17H,8-11,13H2. The summed E-state index contributed by atoms with van der Waals surface area (Å²) in [5.74, 6) is -0.222. The Labute approximate surface area is 135 Å². The molecule has 0 atom stereocenters. The molecule has 0 bridgehead atoms. The highest BCUT2D eigenvalue weighted by Crippen LogP contribution is 2.27. The smallest absolute Gasteiger partial charge is 0.125 e. The number of imidazole rings is 1. The van der Waals surface area contributed by atoms with E-state index in [9.17, 15) is 4.39 Å². The monoisotopic (exact) mass is 309 g/mol. The molecule has 3 aromatic rings. The van der Waals surface area contributed by atoms with E-state index in [2.05, 4.69) is 44.8 Å². The molecule has 2 aromatic carbocycles. The average Bonchev–Trinajstić information content (AvgIpc) is 2.99. The van der Waals surface area contributed by atoms with Crippen LogP contribution in [0.4, 0.5) is 4.39 Å². The van der Waals surface area contributed by atoms with Crippen molar-refractivity contribution >= 4 is 11.0 Å². The SMILES string of the molecule is Fc1ccc2c(c1)ncn2C1CCN(Cc2ccccc2)CC1. The molecule has 0 spiro atoms. The lowest BCUT2D eigenvalue weighted by Gasteiger charge is -2.32. The Morgan fingerprint density at radius 2 is 1.83 bits per heavy atom. The van der Waals surface area contributed by atoms with Gasteiger partial charge in [0.15, 0.2) is 0 Å². The maximum absolute atomic E-state index is 13.3. The zero-order chi connectivity index (χ0) is 15.6. The molecule has 4 rings (SSSR count). The summed E-state index contributed by atoms with van der Waals surface area (Å²) < 4.78 is 15.5. The van der Waals surface area contributed by atoms with Gasteiger partial charge in [-0.2, -0.15) is 0 Å². The van der Waals surface area contributed by atoms with Gasteiger partial charge in [0.2, 0.25) is 0 Å². The summed E-state index contributed by atoms with van der Waals surface area (Å²) in [5.41, 5.74) is 3.15. The number of rotatable bonds is 3. The van der Waals surface area contributed by atoms with Crippen LogP contribution in [0.1, 0.15) is 24.4 Å². The molecule has 0 amide bonds. The maximum Gasteiger partial charge on any atom is 0.125 e. The molecular weight excluding hydrogens is 289 g/mol. The quantitative estimate of drug-likeness (QED) is 0.729. The fourth-order valence-corrected chi connectivity index (χ4v) is 3.49. The van der Waals surface area contributed by atoms with Crippen molar-refractivity contribution < 1.29 is 4.39 Å². The van der Waals surface area contributed by atoms with Crippen LogP contribution in [0, 0.1) is 5.82 Å². The van der Waals surface area contributed by atoms with Gasteiger partial charge < -0.3 is 4.57 Å². The van der Waals surface area contributed by atoms with Gasteiger partial charge in [0.25, 0.3) is 0 Å². The topological polar surface area (TPSA) is 21.1 Å². The first-order chi connectivity index (χ1) is 11.3. The molecule has 0 aliphatic carbocycles. The lowest BCUT2D eigenvalue weighted by Crippen LogP contribution is -2.34. The maximum atomic E-state index is 13.3. The number of benzene rings is 2.